The summed E-state index contributed by atoms with van der Waals surface area (Å²) in [6, 6.07) is 7.98. The summed E-state index contributed by atoms with van der Waals surface area (Å²) in [5, 5.41) is 0.768. The van der Waals surface area contributed by atoms with Gasteiger partial charge in [0.15, 0.2) is 5.96 Å². The first-order valence-corrected chi connectivity index (χ1v) is 8.61. The van der Waals surface area contributed by atoms with E-state index in [2.05, 4.69) is 36.5 Å². The van der Waals surface area contributed by atoms with Crippen LogP contribution >= 0.6 is 35.6 Å². The van der Waals surface area contributed by atoms with Crippen LogP contribution in [-0.2, 0) is 6.54 Å². The van der Waals surface area contributed by atoms with Gasteiger partial charge in [-0.2, -0.15) is 0 Å². The van der Waals surface area contributed by atoms with Crippen molar-refractivity contribution in [1.29, 1.82) is 0 Å². The Morgan fingerprint density at radius 3 is 2.52 bits per heavy atom. The van der Waals surface area contributed by atoms with Gasteiger partial charge in [-0.25, -0.2) is 4.98 Å². The molecule has 0 spiro atoms. The molecule has 0 unspecified atom stereocenters. The quantitative estimate of drug-likeness (QED) is 0.313. The predicted octanol–water partition coefficient (Wildman–Crippen LogP) is 2.68. The lowest BCUT2D eigenvalue weighted by atomic mass is 10.2. The molecule has 2 N–H and O–H groups in total. The minimum Gasteiger partial charge on any atom is -0.370 e. The first kappa shape index (κ1) is 19.8. The Labute approximate surface area is 170 Å². The third kappa shape index (κ3) is 5.78. The normalized spacial score (nSPS) is 15.2. The Morgan fingerprint density at radius 2 is 1.88 bits per heavy atom. The molecule has 0 aliphatic carbocycles. The predicted molar refractivity (Wildman–Crippen MR) is 114 cm³/mol. The van der Waals surface area contributed by atoms with E-state index < -0.39 is 0 Å². The molecule has 0 bridgehead atoms. The van der Waals surface area contributed by atoms with Crippen LogP contribution in [-0.4, -0.2) is 53.1 Å². The van der Waals surface area contributed by atoms with E-state index in [1.54, 1.807) is 6.20 Å². The van der Waals surface area contributed by atoms with Crippen LogP contribution in [0.4, 0.5) is 5.69 Å². The fourth-order valence-electron chi connectivity index (χ4n) is 2.81. The van der Waals surface area contributed by atoms with Gasteiger partial charge in [0.1, 0.15) is 0 Å². The number of hydrogen-bond donors (Lipinski definition) is 1. The molecule has 1 aromatic heterocycles. The first-order valence-electron chi connectivity index (χ1n) is 8.23. The van der Waals surface area contributed by atoms with Gasteiger partial charge in [0, 0.05) is 62.4 Å². The van der Waals surface area contributed by atoms with E-state index in [0.717, 1.165) is 50.7 Å². The lowest BCUT2D eigenvalue weighted by Crippen LogP contribution is -2.51. The topological polar surface area (TPSA) is 62.7 Å². The number of aromatic nitrogens is 2. The summed E-state index contributed by atoms with van der Waals surface area (Å²) in [5.74, 6) is 0.649. The molecule has 2 heterocycles. The second-order valence-corrected chi connectivity index (χ2v) is 6.28. The number of aryl methyl sites for hydroxylation is 1. The van der Waals surface area contributed by atoms with Gasteiger partial charge in [-0.3, -0.25) is 4.99 Å². The smallest absolute Gasteiger partial charge is 0.191 e. The summed E-state index contributed by atoms with van der Waals surface area (Å²) in [7, 11) is 0. The maximum absolute atomic E-state index is 6.13. The van der Waals surface area contributed by atoms with E-state index in [0.29, 0.717) is 5.96 Å². The van der Waals surface area contributed by atoms with Crippen LogP contribution in [0.3, 0.4) is 0 Å². The van der Waals surface area contributed by atoms with Gasteiger partial charge in [-0.05, 0) is 30.7 Å². The van der Waals surface area contributed by atoms with E-state index in [-0.39, 0.29) is 24.0 Å². The highest BCUT2D eigenvalue weighted by molar-refractivity contribution is 14.0. The van der Waals surface area contributed by atoms with E-state index in [1.807, 2.05) is 24.7 Å². The zero-order valence-electron chi connectivity index (χ0n) is 14.1. The molecule has 6 nitrogen and oxygen atoms in total. The average molecular weight is 475 g/mol. The molecule has 1 aliphatic heterocycles. The Bertz CT molecular complexity index is 650. The Kier molecular flexibility index (Phi) is 7.83. The van der Waals surface area contributed by atoms with Crippen molar-refractivity contribution in [3.05, 3.63) is 48.0 Å². The molecule has 0 amide bonds. The van der Waals surface area contributed by atoms with Crippen molar-refractivity contribution in [3.63, 3.8) is 0 Å². The standard InChI is InChI=1S/C17H23ClN6.HI/c18-15-2-4-16(5-3-15)23-10-12-24(13-11-23)17(19)21-6-1-8-22-9-7-20-14-22;/h2-5,7,9,14H,1,6,8,10-13H2,(H2,19,21);1H. The summed E-state index contributed by atoms with van der Waals surface area (Å²) in [4.78, 5) is 13.0. The second-order valence-electron chi connectivity index (χ2n) is 5.84. The zero-order chi connectivity index (χ0) is 16.8. The minimum atomic E-state index is 0. The number of guanidine groups is 1. The highest BCUT2D eigenvalue weighted by atomic mass is 127. The highest BCUT2D eigenvalue weighted by Crippen LogP contribution is 2.19. The molecule has 136 valence electrons. The molecule has 0 atom stereocenters. The van der Waals surface area contributed by atoms with Gasteiger partial charge in [0.05, 0.1) is 6.33 Å². The number of aliphatic imine (C=N–C) groups is 1. The van der Waals surface area contributed by atoms with Crippen molar-refractivity contribution in [2.75, 3.05) is 37.6 Å². The SMILES string of the molecule is I.NC(=NCCCn1ccnc1)N1CCN(c2ccc(Cl)cc2)CC1. The van der Waals surface area contributed by atoms with Crippen LogP contribution < -0.4 is 10.6 Å². The number of benzene rings is 1. The third-order valence-electron chi connectivity index (χ3n) is 4.20. The van der Waals surface area contributed by atoms with Crippen molar-refractivity contribution in [1.82, 2.24) is 14.5 Å². The number of hydrogen-bond acceptors (Lipinski definition) is 3. The molecule has 2 aromatic rings. The molecular formula is C17H24ClIN6. The van der Waals surface area contributed by atoms with Gasteiger partial charge in [-0.1, -0.05) is 11.6 Å². The van der Waals surface area contributed by atoms with Crippen LogP contribution in [0.1, 0.15) is 6.42 Å². The second kappa shape index (κ2) is 9.86. The zero-order valence-corrected chi connectivity index (χ0v) is 17.2. The number of piperazine rings is 1. The summed E-state index contributed by atoms with van der Waals surface area (Å²) >= 11 is 5.94. The lowest BCUT2D eigenvalue weighted by molar-refractivity contribution is 0.380. The average Bonchev–Trinajstić information content (AvgIpc) is 3.13. The lowest BCUT2D eigenvalue weighted by Gasteiger charge is -2.36. The number of rotatable bonds is 5. The fourth-order valence-corrected chi connectivity index (χ4v) is 2.94. The monoisotopic (exact) mass is 474 g/mol. The maximum Gasteiger partial charge on any atom is 0.191 e. The van der Waals surface area contributed by atoms with Gasteiger partial charge in [-0.15, -0.1) is 24.0 Å². The third-order valence-corrected chi connectivity index (χ3v) is 4.45. The largest absolute Gasteiger partial charge is 0.370 e. The molecule has 1 fully saturated rings. The highest BCUT2D eigenvalue weighted by Gasteiger charge is 2.18. The van der Waals surface area contributed by atoms with Crippen LogP contribution in [0.5, 0.6) is 0 Å². The number of nitrogens with zero attached hydrogens (tertiary/aromatic N) is 5. The number of halogens is 2. The van der Waals surface area contributed by atoms with Gasteiger partial charge in [0.25, 0.3) is 0 Å². The number of imidazole rings is 1. The molecule has 0 saturated carbocycles. The number of anilines is 1. The van der Waals surface area contributed by atoms with Crippen molar-refractivity contribution in [3.8, 4) is 0 Å². The molecule has 1 aliphatic rings. The van der Waals surface area contributed by atoms with Crippen molar-refractivity contribution < 1.29 is 0 Å². The van der Waals surface area contributed by atoms with E-state index in [9.17, 15) is 0 Å². The van der Waals surface area contributed by atoms with E-state index >= 15 is 0 Å². The summed E-state index contributed by atoms with van der Waals surface area (Å²) in [6.45, 7) is 5.31. The van der Waals surface area contributed by atoms with Crippen LogP contribution in [0.15, 0.2) is 48.0 Å². The Morgan fingerprint density at radius 1 is 1.16 bits per heavy atom. The maximum atomic E-state index is 6.13. The van der Waals surface area contributed by atoms with Crippen molar-refractivity contribution >= 4 is 47.2 Å². The summed E-state index contributed by atoms with van der Waals surface area (Å²) < 4.78 is 2.05. The molecule has 1 saturated heterocycles. The fraction of sp³-hybridized carbons (Fsp3) is 0.412. The van der Waals surface area contributed by atoms with Crippen molar-refractivity contribution in [2.45, 2.75) is 13.0 Å². The van der Waals surface area contributed by atoms with Crippen LogP contribution in [0.25, 0.3) is 0 Å². The molecule has 8 heteroatoms. The number of nitrogens with two attached hydrogens (primary N) is 1. The summed E-state index contributed by atoms with van der Waals surface area (Å²) in [5.41, 5.74) is 7.34. The molecule has 25 heavy (non-hydrogen) atoms. The van der Waals surface area contributed by atoms with Crippen LogP contribution in [0.2, 0.25) is 5.02 Å². The van der Waals surface area contributed by atoms with Crippen molar-refractivity contribution in [2.24, 2.45) is 10.7 Å². The Hall–Kier alpha value is -1.48. The molecule has 1 aromatic carbocycles. The van der Waals surface area contributed by atoms with E-state index in [1.165, 1.54) is 5.69 Å². The minimum absolute atomic E-state index is 0. The van der Waals surface area contributed by atoms with Gasteiger partial charge >= 0.3 is 0 Å². The molecule has 3 rings (SSSR count). The molecule has 0 radical (unpaired) electrons. The van der Waals surface area contributed by atoms with Crippen LogP contribution in [0, 0.1) is 0 Å². The summed E-state index contributed by atoms with van der Waals surface area (Å²) in [6.07, 6.45) is 6.53. The molecular weight excluding hydrogens is 451 g/mol. The van der Waals surface area contributed by atoms with Gasteiger partial charge in [0.2, 0.25) is 0 Å². The first-order chi connectivity index (χ1) is 11.7. The van der Waals surface area contributed by atoms with Gasteiger partial charge < -0.3 is 20.1 Å². The Balaban J connectivity index is 0.00000225. The van der Waals surface area contributed by atoms with E-state index in [4.69, 9.17) is 17.3 Å².